The Morgan fingerprint density at radius 1 is 1.62 bits per heavy atom. The summed E-state index contributed by atoms with van der Waals surface area (Å²) in [5.74, 6) is -0.468. The van der Waals surface area contributed by atoms with Gasteiger partial charge in [-0.1, -0.05) is 11.3 Å². The highest BCUT2D eigenvalue weighted by atomic mass is 32.1. The second-order valence-electron chi connectivity index (χ2n) is 3.23. The van der Waals surface area contributed by atoms with E-state index >= 15 is 0 Å². The van der Waals surface area contributed by atoms with Gasteiger partial charge in [0, 0.05) is 13.2 Å². The van der Waals surface area contributed by atoms with E-state index < -0.39 is 5.97 Å². The third-order valence-corrected chi connectivity index (χ3v) is 3.11. The van der Waals surface area contributed by atoms with E-state index in [-0.39, 0.29) is 5.69 Å². The normalized spacial score (nSPS) is 10.4. The highest BCUT2D eigenvalue weighted by Gasteiger charge is 2.20. The lowest BCUT2D eigenvalue weighted by Crippen LogP contribution is -2.04. The Morgan fingerprint density at radius 2 is 2.38 bits per heavy atom. The molecule has 0 atom stereocenters. The molecule has 2 aromatic heterocycles. The van der Waals surface area contributed by atoms with Crippen LogP contribution in [0.4, 0.5) is 5.13 Å². The zero-order chi connectivity index (χ0) is 11.7. The molecular weight excluding hydrogens is 226 g/mol. The molecule has 2 aromatic rings. The first-order valence-electron chi connectivity index (χ1n) is 4.59. The minimum Gasteiger partial charge on any atom is -0.464 e. The Kier molecular flexibility index (Phi) is 2.66. The number of rotatable bonds is 2. The van der Waals surface area contributed by atoms with Crippen molar-refractivity contribution in [3.05, 3.63) is 24.0 Å². The van der Waals surface area contributed by atoms with Crippen molar-refractivity contribution in [3.8, 4) is 10.6 Å². The van der Waals surface area contributed by atoms with E-state index in [1.165, 1.54) is 18.4 Å². The number of esters is 1. The number of nitrogens with two attached hydrogens (primary N) is 1. The van der Waals surface area contributed by atoms with E-state index in [0.29, 0.717) is 5.13 Å². The van der Waals surface area contributed by atoms with Gasteiger partial charge in [0.2, 0.25) is 0 Å². The summed E-state index contributed by atoms with van der Waals surface area (Å²) in [6.07, 6.45) is 1.90. The molecule has 5 nitrogen and oxygen atoms in total. The van der Waals surface area contributed by atoms with Crippen LogP contribution < -0.4 is 5.73 Å². The highest BCUT2D eigenvalue weighted by molar-refractivity contribution is 7.19. The first kappa shape index (κ1) is 10.7. The molecule has 0 radical (unpaired) electrons. The van der Waals surface area contributed by atoms with E-state index in [1.807, 2.05) is 29.9 Å². The number of hydrogen-bond acceptors (Lipinski definition) is 5. The van der Waals surface area contributed by atoms with E-state index in [2.05, 4.69) is 9.72 Å². The number of carbonyl (C=O) groups is 1. The van der Waals surface area contributed by atoms with Crippen LogP contribution in [0.1, 0.15) is 10.5 Å². The maximum atomic E-state index is 11.5. The van der Waals surface area contributed by atoms with Gasteiger partial charge in [-0.05, 0) is 12.1 Å². The van der Waals surface area contributed by atoms with E-state index in [4.69, 9.17) is 5.73 Å². The van der Waals surface area contributed by atoms with E-state index in [1.54, 1.807) is 0 Å². The van der Waals surface area contributed by atoms with Crippen LogP contribution in [0.15, 0.2) is 18.3 Å². The Bertz CT molecular complexity index is 530. The third-order valence-electron chi connectivity index (χ3n) is 2.20. The molecule has 0 aromatic carbocycles. The van der Waals surface area contributed by atoms with Gasteiger partial charge in [-0.3, -0.25) is 0 Å². The van der Waals surface area contributed by atoms with Gasteiger partial charge in [0.25, 0.3) is 0 Å². The number of aryl methyl sites for hydroxylation is 1. The fourth-order valence-electron chi connectivity index (χ4n) is 1.44. The van der Waals surface area contributed by atoms with Gasteiger partial charge < -0.3 is 15.0 Å². The molecule has 2 heterocycles. The van der Waals surface area contributed by atoms with E-state index in [9.17, 15) is 4.79 Å². The van der Waals surface area contributed by atoms with Gasteiger partial charge in [-0.2, -0.15) is 0 Å². The molecule has 2 N–H and O–H groups in total. The lowest BCUT2D eigenvalue weighted by molar-refractivity contribution is 0.0596. The summed E-state index contributed by atoms with van der Waals surface area (Å²) in [5.41, 5.74) is 6.79. The van der Waals surface area contributed by atoms with Crippen LogP contribution in [-0.4, -0.2) is 22.6 Å². The summed E-state index contributed by atoms with van der Waals surface area (Å²) in [6.45, 7) is 0. The van der Waals surface area contributed by atoms with E-state index in [0.717, 1.165) is 10.6 Å². The highest BCUT2D eigenvalue weighted by Crippen LogP contribution is 2.31. The monoisotopic (exact) mass is 237 g/mol. The Morgan fingerprint density at radius 3 is 2.94 bits per heavy atom. The molecule has 16 heavy (non-hydrogen) atoms. The zero-order valence-corrected chi connectivity index (χ0v) is 9.75. The fraction of sp³-hybridized carbons (Fsp3) is 0.200. The molecule has 0 spiro atoms. The van der Waals surface area contributed by atoms with Crippen LogP contribution in [0.3, 0.4) is 0 Å². The maximum Gasteiger partial charge on any atom is 0.358 e. The minimum absolute atomic E-state index is 0.270. The van der Waals surface area contributed by atoms with Crippen molar-refractivity contribution in [2.24, 2.45) is 7.05 Å². The summed E-state index contributed by atoms with van der Waals surface area (Å²) in [5, 5.41) is 0.358. The Hall–Kier alpha value is -1.82. The van der Waals surface area contributed by atoms with Crippen LogP contribution >= 0.6 is 11.3 Å². The molecule has 0 fully saturated rings. The smallest absolute Gasteiger partial charge is 0.358 e. The van der Waals surface area contributed by atoms with Crippen molar-refractivity contribution < 1.29 is 9.53 Å². The number of hydrogen-bond donors (Lipinski definition) is 1. The molecular formula is C10H11N3O2S. The summed E-state index contributed by atoms with van der Waals surface area (Å²) in [4.78, 5) is 16.2. The quantitative estimate of drug-likeness (QED) is 0.804. The van der Waals surface area contributed by atoms with Crippen molar-refractivity contribution in [1.82, 2.24) is 9.55 Å². The number of ether oxygens (including phenoxy) is 1. The average Bonchev–Trinajstić information content (AvgIpc) is 2.83. The first-order chi connectivity index (χ1) is 7.63. The maximum absolute atomic E-state index is 11.5. The van der Waals surface area contributed by atoms with Gasteiger partial charge in [-0.25, -0.2) is 9.78 Å². The second-order valence-corrected chi connectivity index (χ2v) is 4.26. The lowest BCUT2D eigenvalue weighted by atomic mass is 10.3. The predicted octanol–water partition coefficient (Wildman–Crippen LogP) is 1.52. The summed E-state index contributed by atoms with van der Waals surface area (Å²) in [6, 6.07) is 3.80. The number of aromatic nitrogens is 2. The summed E-state index contributed by atoms with van der Waals surface area (Å²) < 4.78 is 6.57. The van der Waals surface area contributed by atoms with Gasteiger partial charge >= 0.3 is 5.97 Å². The van der Waals surface area contributed by atoms with Gasteiger partial charge in [0.05, 0.1) is 17.7 Å². The largest absolute Gasteiger partial charge is 0.464 e. The first-order valence-corrected chi connectivity index (χ1v) is 5.41. The molecule has 0 bridgehead atoms. The SMILES string of the molecule is COC(=O)c1nc(N)sc1-c1cccn1C. The number of carbonyl (C=O) groups excluding carboxylic acids is 1. The molecule has 84 valence electrons. The molecule has 0 aliphatic heterocycles. The summed E-state index contributed by atoms with van der Waals surface area (Å²) in [7, 11) is 3.22. The molecule has 0 amide bonds. The molecule has 0 saturated heterocycles. The fourth-order valence-corrected chi connectivity index (χ4v) is 2.33. The number of methoxy groups -OCH3 is 1. The van der Waals surface area contributed by atoms with Gasteiger partial charge in [0.15, 0.2) is 10.8 Å². The molecule has 0 unspecified atom stereocenters. The van der Waals surface area contributed by atoms with Gasteiger partial charge in [-0.15, -0.1) is 0 Å². The number of nitrogen functional groups attached to an aromatic ring is 1. The van der Waals surface area contributed by atoms with Crippen molar-refractivity contribution in [2.45, 2.75) is 0 Å². The molecule has 0 saturated carbocycles. The lowest BCUT2D eigenvalue weighted by Gasteiger charge is -2.01. The van der Waals surface area contributed by atoms with Crippen molar-refractivity contribution in [1.29, 1.82) is 0 Å². The van der Waals surface area contributed by atoms with Crippen molar-refractivity contribution >= 4 is 22.4 Å². The topological polar surface area (TPSA) is 70.1 Å². The molecule has 0 aliphatic rings. The minimum atomic E-state index is -0.468. The average molecular weight is 237 g/mol. The number of anilines is 1. The van der Waals surface area contributed by atoms with Crippen molar-refractivity contribution in [2.75, 3.05) is 12.8 Å². The second kappa shape index (κ2) is 3.97. The zero-order valence-electron chi connectivity index (χ0n) is 8.93. The van der Waals surface area contributed by atoms with Crippen molar-refractivity contribution in [3.63, 3.8) is 0 Å². The van der Waals surface area contributed by atoms with Crippen LogP contribution in [-0.2, 0) is 11.8 Å². The summed E-state index contributed by atoms with van der Waals surface area (Å²) >= 11 is 1.27. The molecule has 2 rings (SSSR count). The van der Waals surface area contributed by atoms with Crippen LogP contribution in [0.5, 0.6) is 0 Å². The number of thiazole rings is 1. The number of nitrogens with zero attached hydrogens (tertiary/aromatic N) is 2. The molecule has 6 heteroatoms. The van der Waals surface area contributed by atoms with Crippen LogP contribution in [0, 0.1) is 0 Å². The van der Waals surface area contributed by atoms with Crippen LogP contribution in [0.2, 0.25) is 0 Å². The van der Waals surface area contributed by atoms with Crippen LogP contribution in [0.25, 0.3) is 10.6 Å². The van der Waals surface area contributed by atoms with Gasteiger partial charge in [0.1, 0.15) is 0 Å². The molecule has 0 aliphatic carbocycles. The standard InChI is InChI=1S/C10H11N3O2S/c1-13-5-3-4-6(13)8-7(9(14)15-2)12-10(11)16-8/h3-5H,1-2H3,(H2,11,12). The third kappa shape index (κ3) is 1.67. The Labute approximate surface area is 96.5 Å². The predicted molar refractivity (Wildman–Crippen MR) is 62.3 cm³/mol. The Balaban J connectivity index is 2.57.